The van der Waals surface area contributed by atoms with Gasteiger partial charge >= 0.3 is 0 Å². The lowest BCUT2D eigenvalue weighted by atomic mass is 9.89. The fourth-order valence-corrected chi connectivity index (χ4v) is 5.12. The lowest BCUT2D eigenvalue weighted by Crippen LogP contribution is -2.37. The van der Waals surface area contributed by atoms with Crippen molar-refractivity contribution >= 4 is 29.1 Å². The van der Waals surface area contributed by atoms with Crippen molar-refractivity contribution in [3.63, 3.8) is 0 Å². The van der Waals surface area contributed by atoms with Crippen molar-refractivity contribution in [1.82, 2.24) is 15.3 Å². The molecular weight excluding hydrogens is 446 g/mol. The smallest absolute Gasteiger partial charge is 0.229 e. The Morgan fingerprint density at radius 2 is 1.88 bits per heavy atom. The van der Waals surface area contributed by atoms with E-state index < -0.39 is 0 Å². The molecule has 2 N–H and O–H groups in total. The van der Waals surface area contributed by atoms with Gasteiger partial charge in [0.2, 0.25) is 5.91 Å². The van der Waals surface area contributed by atoms with Gasteiger partial charge in [0.15, 0.2) is 0 Å². The molecule has 2 saturated heterocycles. The van der Waals surface area contributed by atoms with Crippen LogP contribution in [0.5, 0.6) is 0 Å². The molecule has 0 radical (unpaired) electrons. The van der Waals surface area contributed by atoms with Gasteiger partial charge in [-0.25, -0.2) is 9.97 Å². The Hall–Kier alpha value is -2.96. The summed E-state index contributed by atoms with van der Waals surface area (Å²) in [7, 11) is 0. The van der Waals surface area contributed by atoms with E-state index in [4.69, 9.17) is 16.6 Å². The second-order valence-corrected chi connectivity index (χ2v) is 9.54. The summed E-state index contributed by atoms with van der Waals surface area (Å²) < 4.78 is 0. The van der Waals surface area contributed by atoms with Crippen molar-refractivity contribution in [3.8, 4) is 11.3 Å². The molecular formula is C27H30ClN5O. The van der Waals surface area contributed by atoms with E-state index in [1.165, 1.54) is 5.56 Å². The lowest BCUT2D eigenvalue weighted by Gasteiger charge is -2.33. The molecule has 1 aromatic carbocycles. The summed E-state index contributed by atoms with van der Waals surface area (Å²) in [4.78, 5) is 24.2. The number of nitrogens with zero attached hydrogens (tertiary/aromatic N) is 3. The third-order valence-electron chi connectivity index (χ3n) is 6.87. The molecule has 2 aromatic heterocycles. The number of aromatic nitrogens is 2. The van der Waals surface area contributed by atoms with Crippen LogP contribution in [0.3, 0.4) is 0 Å². The van der Waals surface area contributed by atoms with Gasteiger partial charge in [-0.1, -0.05) is 48.0 Å². The number of amides is 1. The van der Waals surface area contributed by atoms with E-state index in [-0.39, 0.29) is 11.8 Å². The number of nitrogens with one attached hydrogen (secondary N) is 2. The van der Waals surface area contributed by atoms with Crippen molar-refractivity contribution < 1.29 is 4.79 Å². The highest BCUT2D eigenvalue weighted by Gasteiger charge is 2.23. The molecule has 7 heteroatoms. The Bertz CT molecular complexity index is 1120. The number of carbonyl (C=O) groups is 1. The summed E-state index contributed by atoms with van der Waals surface area (Å²) in [5.41, 5.74) is 2.98. The van der Waals surface area contributed by atoms with Crippen LogP contribution in [0.15, 0.2) is 60.8 Å². The Labute approximate surface area is 205 Å². The topological polar surface area (TPSA) is 70.2 Å². The monoisotopic (exact) mass is 475 g/mol. The fourth-order valence-electron chi connectivity index (χ4n) is 4.92. The quantitative estimate of drug-likeness (QED) is 0.536. The van der Waals surface area contributed by atoms with E-state index >= 15 is 0 Å². The average molecular weight is 476 g/mol. The van der Waals surface area contributed by atoms with E-state index in [1.54, 1.807) is 6.20 Å². The van der Waals surface area contributed by atoms with Crippen molar-refractivity contribution in [1.29, 1.82) is 0 Å². The van der Waals surface area contributed by atoms with Crippen molar-refractivity contribution in [2.24, 2.45) is 5.92 Å². The van der Waals surface area contributed by atoms with Crippen LogP contribution in [0.1, 0.15) is 37.2 Å². The van der Waals surface area contributed by atoms with Crippen LogP contribution in [0, 0.1) is 5.92 Å². The summed E-state index contributed by atoms with van der Waals surface area (Å²) in [5, 5.41) is 6.76. The van der Waals surface area contributed by atoms with Crippen LogP contribution < -0.4 is 15.5 Å². The van der Waals surface area contributed by atoms with Gasteiger partial charge < -0.3 is 15.5 Å². The molecule has 2 aliphatic rings. The minimum absolute atomic E-state index is 0.00373. The average Bonchev–Trinajstić information content (AvgIpc) is 2.91. The molecule has 2 fully saturated rings. The third kappa shape index (κ3) is 5.24. The fraction of sp³-hybridized carbons (Fsp3) is 0.370. The van der Waals surface area contributed by atoms with Gasteiger partial charge in [-0.2, -0.15) is 0 Å². The Balaban J connectivity index is 1.29. The number of piperidine rings is 2. The normalized spacial score (nSPS) is 19.1. The highest BCUT2D eigenvalue weighted by Crippen LogP contribution is 2.32. The molecule has 2 aliphatic heterocycles. The van der Waals surface area contributed by atoms with Gasteiger partial charge in [-0.15, -0.1) is 0 Å². The zero-order chi connectivity index (χ0) is 23.3. The summed E-state index contributed by atoms with van der Waals surface area (Å²) in [6, 6.07) is 18.6. The van der Waals surface area contributed by atoms with Gasteiger partial charge in [-0.3, -0.25) is 4.79 Å². The summed E-state index contributed by atoms with van der Waals surface area (Å²) >= 11 is 6.50. The Morgan fingerprint density at radius 3 is 2.65 bits per heavy atom. The highest BCUT2D eigenvalue weighted by atomic mass is 35.5. The Kier molecular flexibility index (Phi) is 7.07. The number of rotatable bonds is 5. The molecule has 0 spiro atoms. The largest absolute Gasteiger partial charge is 0.357 e. The Morgan fingerprint density at radius 1 is 1.06 bits per heavy atom. The number of hydrogen-bond acceptors (Lipinski definition) is 5. The maximum atomic E-state index is 12.6. The van der Waals surface area contributed by atoms with Crippen molar-refractivity contribution in [2.75, 3.05) is 36.4 Å². The highest BCUT2D eigenvalue weighted by molar-refractivity contribution is 6.33. The predicted octanol–water partition coefficient (Wildman–Crippen LogP) is 5.12. The molecule has 176 valence electrons. The molecule has 1 atom stereocenters. The number of pyridine rings is 2. The van der Waals surface area contributed by atoms with Crippen LogP contribution in [-0.2, 0) is 4.79 Å². The summed E-state index contributed by atoms with van der Waals surface area (Å²) in [5.74, 6) is 2.02. The van der Waals surface area contributed by atoms with Crippen LogP contribution >= 0.6 is 11.6 Å². The van der Waals surface area contributed by atoms with Crippen molar-refractivity contribution in [2.45, 2.75) is 31.6 Å². The molecule has 0 aliphatic carbocycles. The van der Waals surface area contributed by atoms with Crippen molar-refractivity contribution in [3.05, 3.63) is 71.4 Å². The second kappa shape index (κ2) is 10.5. The number of halogens is 1. The number of hydrogen-bond donors (Lipinski definition) is 2. The third-order valence-corrected chi connectivity index (χ3v) is 7.18. The zero-order valence-corrected chi connectivity index (χ0v) is 20.0. The van der Waals surface area contributed by atoms with E-state index in [0.717, 1.165) is 62.4 Å². The van der Waals surface area contributed by atoms with E-state index in [0.29, 0.717) is 23.3 Å². The standard InChI is InChI=1S/C27H30ClN5O/c28-23-18-30-25(32-27(34)21-8-5-13-29-17-21)16-22(23)24-9-4-10-26(31-24)33-14-11-20(12-15-33)19-6-2-1-3-7-19/h1-4,6-7,9-10,16,18,20-21,29H,5,8,11-15,17H2,(H,30,32,34). The minimum atomic E-state index is -0.0325. The SMILES string of the molecule is O=C(Nc1cc(-c2cccc(N3CCC(c4ccccc4)CC3)n2)c(Cl)cn1)C1CCCNC1. The van der Waals surface area contributed by atoms with E-state index in [2.05, 4.69) is 56.9 Å². The van der Waals surface area contributed by atoms with Gasteiger partial charge in [-0.05, 0) is 61.9 Å². The number of benzene rings is 1. The summed E-state index contributed by atoms with van der Waals surface area (Å²) in [6.07, 6.45) is 5.71. The molecule has 5 rings (SSSR count). The first-order chi connectivity index (χ1) is 16.7. The van der Waals surface area contributed by atoms with Gasteiger partial charge in [0.25, 0.3) is 0 Å². The molecule has 6 nitrogen and oxygen atoms in total. The van der Waals surface area contributed by atoms with E-state index in [1.807, 2.05) is 18.2 Å². The molecule has 3 aromatic rings. The second-order valence-electron chi connectivity index (χ2n) is 9.13. The maximum Gasteiger partial charge on any atom is 0.229 e. The zero-order valence-electron chi connectivity index (χ0n) is 19.2. The molecule has 34 heavy (non-hydrogen) atoms. The first-order valence-electron chi connectivity index (χ1n) is 12.1. The summed E-state index contributed by atoms with van der Waals surface area (Å²) in [6.45, 7) is 3.61. The van der Waals surface area contributed by atoms with Crippen LogP contribution in [0.2, 0.25) is 5.02 Å². The molecule has 0 saturated carbocycles. The molecule has 0 bridgehead atoms. The van der Waals surface area contributed by atoms with Gasteiger partial charge in [0.05, 0.1) is 16.6 Å². The van der Waals surface area contributed by atoms with Crippen LogP contribution in [-0.4, -0.2) is 42.1 Å². The number of carbonyl (C=O) groups excluding carboxylic acids is 1. The van der Waals surface area contributed by atoms with Gasteiger partial charge in [0, 0.05) is 31.4 Å². The molecule has 4 heterocycles. The first kappa shape index (κ1) is 22.8. The predicted molar refractivity (Wildman–Crippen MR) is 137 cm³/mol. The van der Waals surface area contributed by atoms with Gasteiger partial charge in [0.1, 0.15) is 11.6 Å². The van der Waals surface area contributed by atoms with Crippen LogP contribution in [0.4, 0.5) is 11.6 Å². The lowest BCUT2D eigenvalue weighted by molar-refractivity contribution is -0.120. The maximum absolute atomic E-state index is 12.6. The molecule has 1 amide bonds. The van der Waals surface area contributed by atoms with Crippen LogP contribution in [0.25, 0.3) is 11.3 Å². The molecule has 1 unspecified atom stereocenters. The number of anilines is 2. The first-order valence-corrected chi connectivity index (χ1v) is 12.5. The van der Waals surface area contributed by atoms with E-state index in [9.17, 15) is 4.79 Å². The minimum Gasteiger partial charge on any atom is -0.357 e.